The van der Waals surface area contributed by atoms with Crippen LogP contribution < -0.4 is 10.6 Å². The molecule has 0 unspecified atom stereocenters. The van der Waals surface area contributed by atoms with Crippen LogP contribution in [0, 0.1) is 6.92 Å². The van der Waals surface area contributed by atoms with E-state index >= 15 is 0 Å². The highest BCUT2D eigenvalue weighted by Gasteiger charge is 2.29. The number of aromatic nitrogens is 2. The molecule has 0 fully saturated rings. The standard InChI is InChI=1S/C20H17F3N4O2/c1-3-19(28)26-16-8-9-17(13(10-16)11-18-24-12(2)29-27-18)25-15-6-4-14(5-7-15)20(21,22)23/h3-10,25H,1,11H2,2H3,(H,26,28). The smallest absolute Gasteiger partial charge is 0.355 e. The monoisotopic (exact) mass is 402 g/mol. The van der Waals surface area contributed by atoms with E-state index in [0.717, 1.165) is 18.2 Å². The number of halogens is 3. The van der Waals surface area contributed by atoms with Gasteiger partial charge in [-0.25, -0.2) is 0 Å². The Bertz CT molecular complexity index is 1030. The third-order valence-electron chi connectivity index (χ3n) is 3.97. The predicted molar refractivity (Wildman–Crippen MR) is 102 cm³/mol. The summed E-state index contributed by atoms with van der Waals surface area (Å²) in [7, 11) is 0. The van der Waals surface area contributed by atoms with Gasteiger partial charge in [-0.15, -0.1) is 0 Å². The highest BCUT2D eigenvalue weighted by atomic mass is 19.4. The van der Waals surface area contributed by atoms with Gasteiger partial charge in [0.2, 0.25) is 11.8 Å². The van der Waals surface area contributed by atoms with Crippen LogP contribution in [0.5, 0.6) is 0 Å². The zero-order valence-electron chi connectivity index (χ0n) is 15.4. The molecule has 29 heavy (non-hydrogen) atoms. The Labute approximate surface area is 164 Å². The summed E-state index contributed by atoms with van der Waals surface area (Å²) >= 11 is 0. The van der Waals surface area contributed by atoms with Crippen LogP contribution in [-0.4, -0.2) is 16.0 Å². The molecule has 150 valence electrons. The van der Waals surface area contributed by atoms with Crippen LogP contribution in [0.3, 0.4) is 0 Å². The highest BCUT2D eigenvalue weighted by Crippen LogP contribution is 2.31. The molecule has 0 saturated heterocycles. The van der Waals surface area contributed by atoms with Crippen molar-refractivity contribution in [1.29, 1.82) is 0 Å². The molecular weight excluding hydrogens is 385 g/mol. The van der Waals surface area contributed by atoms with Crippen LogP contribution in [0.1, 0.15) is 22.8 Å². The second-order valence-electron chi connectivity index (χ2n) is 6.17. The van der Waals surface area contributed by atoms with E-state index in [1.54, 1.807) is 25.1 Å². The summed E-state index contributed by atoms with van der Waals surface area (Å²) in [5.74, 6) is 0.480. The Morgan fingerprint density at radius 2 is 1.86 bits per heavy atom. The van der Waals surface area contributed by atoms with E-state index in [-0.39, 0.29) is 12.3 Å². The molecule has 0 atom stereocenters. The molecule has 0 aliphatic heterocycles. The maximum absolute atomic E-state index is 12.7. The summed E-state index contributed by atoms with van der Waals surface area (Å²) in [6.45, 7) is 5.08. The molecule has 0 bridgehead atoms. The number of benzene rings is 2. The van der Waals surface area contributed by atoms with E-state index in [1.807, 2.05) is 0 Å². The number of anilines is 3. The molecule has 0 aliphatic rings. The molecular formula is C20H17F3N4O2. The minimum atomic E-state index is -4.40. The van der Waals surface area contributed by atoms with E-state index in [9.17, 15) is 18.0 Å². The lowest BCUT2D eigenvalue weighted by molar-refractivity contribution is -0.137. The molecule has 1 aromatic heterocycles. The summed E-state index contributed by atoms with van der Waals surface area (Å²) in [5.41, 5.74) is 1.62. The summed E-state index contributed by atoms with van der Waals surface area (Å²) in [6.07, 6.45) is -2.96. The first-order chi connectivity index (χ1) is 13.7. The van der Waals surface area contributed by atoms with Crippen molar-refractivity contribution in [3.63, 3.8) is 0 Å². The SMILES string of the molecule is C=CC(=O)Nc1ccc(Nc2ccc(C(F)(F)F)cc2)c(Cc2noc(C)n2)c1. The average molecular weight is 402 g/mol. The number of carbonyl (C=O) groups is 1. The van der Waals surface area contributed by atoms with Gasteiger partial charge < -0.3 is 15.2 Å². The number of nitrogens with zero attached hydrogens (tertiary/aromatic N) is 2. The Morgan fingerprint density at radius 1 is 1.17 bits per heavy atom. The molecule has 2 aromatic carbocycles. The van der Waals surface area contributed by atoms with Crippen LogP contribution in [0.25, 0.3) is 0 Å². The number of hydrogen-bond donors (Lipinski definition) is 2. The van der Waals surface area contributed by atoms with Crippen molar-refractivity contribution in [2.24, 2.45) is 0 Å². The summed E-state index contributed by atoms with van der Waals surface area (Å²) < 4.78 is 43.2. The minimum absolute atomic E-state index is 0.290. The minimum Gasteiger partial charge on any atom is -0.355 e. The van der Waals surface area contributed by atoms with Crippen molar-refractivity contribution < 1.29 is 22.5 Å². The van der Waals surface area contributed by atoms with Gasteiger partial charge in [-0.05, 0) is 54.1 Å². The fraction of sp³-hybridized carbons (Fsp3) is 0.150. The zero-order chi connectivity index (χ0) is 21.0. The Hall–Kier alpha value is -3.62. The van der Waals surface area contributed by atoms with Gasteiger partial charge in [-0.2, -0.15) is 18.2 Å². The molecule has 3 aromatic rings. The molecule has 1 heterocycles. The van der Waals surface area contributed by atoms with Crippen LogP contribution >= 0.6 is 0 Å². The molecule has 0 saturated carbocycles. The Balaban J connectivity index is 1.89. The van der Waals surface area contributed by atoms with Crippen molar-refractivity contribution >= 4 is 23.0 Å². The van der Waals surface area contributed by atoms with Gasteiger partial charge in [0.15, 0.2) is 5.82 Å². The second-order valence-corrected chi connectivity index (χ2v) is 6.17. The lowest BCUT2D eigenvalue weighted by Crippen LogP contribution is -2.08. The van der Waals surface area contributed by atoms with E-state index in [2.05, 4.69) is 27.4 Å². The average Bonchev–Trinajstić information content (AvgIpc) is 3.08. The Kier molecular flexibility index (Phi) is 5.67. The molecule has 0 aliphatic carbocycles. The van der Waals surface area contributed by atoms with Crippen molar-refractivity contribution in [1.82, 2.24) is 10.1 Å². The van der Waals surface area contributed by atoms with Gasteiger partial charge in [-0.1, -0.05) is 11.7 Å². The van der Waals surface area contributed by atoms with Gasteiger partial charge in [-0.3, -0.25) is 4.79 Å². The highest BCUT2D eigenvalue weighted by molar-refractivity contribution is 5.99. The zero-order valence-corrected chi connectivity index (χ0v) is 15.4. The number of hydrogen-bond acceptors (Lipinski definition) is 5. The number of carbonyl (C=O) groups excluding carboxylic acids is 1. The first-order valence-corrected chi connectivity index (χ1v) is 8.54. The van der Waals surface area contributed by atoms with Crippen molar-refractivity contribution in [2.45, 2.75) is 19.5 Å². The van der Waals surface area contributed by atoms with Gasteiger partial charge in [0.1, 0.15) is 0 Å². The second kappa shape index (κ2) is 8.17. The van der Waals surface area contributed by atoms with E-state index in [1.165, 1.54) is 12.1 Å². The lowest BCUT2D eigenvalue weighted by Gasteiger charge is -2.14. The van der Waals surface area contributed by atoms with E-state index in [0.29, 0.717) is 34.3 Å². The lowest BCUT2D eigenvalue weighted by atomic mass is 10.1. The van der Waals surface area contributed by atoms with Crippen LogP contribution in [0.2, 0.25) is 0 Å². The fourth-order valence-electron chi connectivity index (χ4n) is 2.61. The third-order valence-corrected chi connectivity index (χ3v) is 3.97. The Morgan fingerprint density at radius 3 is 2.45 bits per heavy atom. The topological polar surface area (TPSA) is 80.0 Å². The number of alkyl halides is 3. The normalized spacial score (nSPS) is 11.2. The fourth-order valence-corrected chi connectivity index (χ4v) is 2.61. The summed E-state index contributed by atoms with van der Waals surface area (Å²) in [6, 6.07) is 9.79. The van der Waals surface area contributed by atoms with Crippen LogP contribution in [0.15, 0.2) is 59.6 Å². The first-order valence-electron chi connectivity index (χ1n) is 8.54. The third kappa shape index (κ3) is 5.22. The van der Waals surface area contributed by atoms with Gasteiger partial charge in [0.05, 0.1) is 5.56 Å². The summed E-state index contributed by atoms with van der Waals surface area (Å²) in [4.78, 5) is 15.7. The van der Waals surface area contributed by atoms with Gasteiger partial charge >= 0.3 is 6.18 Å². The van der Waals surface area contributed by atoms with Gasteiger partial charge in [0.25, 0.3) is 0 Å². The van der Waals surface area contributed by atoms with Crippen LogP contribution in [-0.2, 0) is 17.4 Å². The largest absolute Gasteiger partial charge is 0.416 e. The van der Waals surface area contributed by atoms with E-state index in [4.69, 9.17) is 4.52 Å². The molecule has 6 nitrogen and oxygen atoms in total. The quantitative estimate of drug-likeness (QED) is 0.576. The first kappa shape index (κ1) is 20.1. The predicted octanol–water partition coefficient (Wildman–Crippen LogP) is 4.86. The van der Waals surface area contributed by atoms with Crippen molar-refractivity contribution in [2.75, 3.05) is 10.6 Å². The van der Waals surface area contributed by atoms with Crippen LogP contribution in [0.4, 0.5) is 30.2 Å². The van der Waals surface area contributed by atoms with E-state index < -0.39 is 11.7 Å². The molecule has 0 radical (unpaired) electrons. The molecule has 3 rings (SSSR count). The van der Waals surface area contributed by atoms with Gasteiger partial charge in [0, 0.05) is 30.4 Å². The van der Waals surface area contributed by atoms with Crippen molar-refractivity contribution in [3.8, 4) is 0 Å². The molecule has 0 spiro atoms. The number of amides is 1. The number of rotatable bonds is 6. The molecule has 9 heteroatoms. The molecule has 2 N–H and O–H groups in total. The van der Waals surface area contributed by atoms with Crippen molar-refractivity contribution in [3.05, 3.63) is 78.0 Å². The summed E-state index contributed by atoms with van der Waals surface area (Å²) in [5, 5.41) is 9.61. The maximum Gasteiger partial charge on any atom is 0.416 e. The molecule has 1 amide bonds. The maximum atomic E-state index is 12.7. The number of nitrogens with one attached hydrogen (secondary N) is 2. The number of aryl methyl sites for hydroxylation is 1.